The molecule has 0 bridgehead atoms. The Morgan fingerprint density at radius 2 is 1.33 bits per heavy atom. The van der Waals surface area contributed by atoms with E-state index in [2.05, 4.69) is 26.3 Å². The van der Waals surface area contributed by atoms with Gasteiger partial charge in [-0.1, -0.05) is 106 Å². The molecule has 0 aliphatic heterocycles. The highest BCUT2D eigenvalue weighted by Gasteiger charge is 2.45. The maximum atomic E-state index is 14.2. The lowest BCUT2D eigenvalue weighted by molar-refractivity contribution is -0.137. The zero-order chi connectivity index (χ0) is 35.3. The van der Waals surface area contributed by atoms with E-state index >= 15 is 0 Å². The number of carbonyl (C=O) groups excluding carboxylic acids is 4. The summed E-state index contributed by atoms with van der Waals surface area (Å²) in [7, 11) is 0. The van der Waals surface area contributed by atoms with Gasteiger partial charge < -0.3 is 32.7 Å². The summed E-state index contributed by atoms with van der Waals surface area (Å²) in [6, 6.07) is 26.6. The first-order chi connectivity index (χ1) is 23.6. The first-order valence-electron chi connectivity index (χ1n) is 17.1. The van der Waals surface area contributed by atoms with E-state index < -0.39 is 35.0 Å². The SMILES string of the molecule is CCC(CC)(NC(=O)c1ccccc1)C(=O)NC(CCCN=C(N)N)C(=O)NC1(C(=O)NC(c2ccccc2)c2ccccc2)CCCC1. The van der Waals surface area contributed by atoms with Crippen molar-refractivity contribution in [2.45, 2.75) is 88.4 Å². The quantitative estimate of drug-likeness (QED) is 0.0767. The number of nitrogens with zero attached hydrogens (tertiary/aromatic N) is 1. The van der Waals surface area contributed by atoms with Crippen molar-refractivity contribution in [1.29, 1.82) is 0 Å². The molecule has 11 heteroatoms. The van der Waals surface area contributed by atoms with Gasteiger partial charge in [0, 0.05) is 12.1 Å². The molecule has 0 spiro atoms. The van der Waals surface area contributed by atoms with Gasteiger partial charge in [0.2, 0.25) is 17.7 Å². The van der Waals surface area contributed by atoms with Crippen LogP contribution in [0.3, 0.4) is 0 Å². The van der Waals surface area contributed by atoms with Crippen molar-refractivity contribution < 1.29 is 19.2 Å². The molecule has 11 nitrogen and oxygen atoms in total. The molecule has 1 unspecified atom stereocenters. The van der Waals surface area contributed by atoms with Crippen LogP contribution in [0.5, 0.6) is 0 Å². The van der Waals surface area contributed by atoms with Crippen LogP contribution >= 0.6 is 0 Å². The molecule has 0 saturated heterocycles. The van der Waals surface area contributed by atoms with Gasteiger partial charge in [-0.2, -0.15) is 0 Å². The van der Waals surface area contributed by atoms with Gasteiger partial charge in [0.25, 0.3) is 5.91 Å². The maximum Gasteiger partial charge on any atom is 0.252 e. The van der Waals surface area contributed by atoms with E-state index in [-0.39, 0.29) is 30.7 Å². The normalized spacial score (nSPS) is 14.3. The fourth-order valence-electron chi connectivity index (χ4n) is 6.38. The summed E-state index contributed by atoms with van der Waals surface area (Å²) in [6.07, 6.45) is 3.62. The number of amides is 4. The van der Waals surface area contributed by atoms with Crippen molar-refractivity contribution >= 4 is 29.6 Å². The van der Waals surface area contributed by atoms with Crippen molar-refractivity contribution in [1.82, 2.24) is 21.3 Å². The molecule has 1 aliphatic carbocycles. The van der Waals surface area contributed by atoms with E-state index in [1.165, 1.54) is 0 Å². The zero-order valence-corrected chi connectivity index (χ0v) is 28.4. The lowest BCUT2D eigenvalue weighted by Crippen LogP contribution is -2.64. The topological polar surface area (TPSA) is 181 Å². The molecule has 0 aromatic heterocycles. The third-order valence-electron chi connectivity index (χ3n) is 9.39. The molecule has 49 heavy (non-hydrogen) atoms. The number of carbonyl (C=O) groups is 4. The molecule has 0 radical (unpaired) electrons. The molecule has 3 aromatic rings. The van der Waals surface area contributed by atoms with Gasteiger partial charge in [-0.25, -0.2) is 0 Å². The van der Waals surface area contributed by atoms with Crippen LogP contribution in [0.4, 0.5) is 0 Å². The molecule has 0 heterocycles. The average Bonchev–Trinajstić information content (AvgIpc) is 3.61. The van der Waals surface area contributed by atoms with Crippen molar-refractivity contribution in [2.75, 3.05) is 6.54 Å². The third kappa shape index (κ3) is 9.46. The molecule has 260 valence electrons. The molecule has 4 rings (SSSR count). The Morgan fingerprint density at radius 1 is 0.796 bits per heavy atom. The highest BCUT2D eigenvalue weighted by atomic mass is 16.2. The fourth-order valence-corrected chi connectivity index (χ4v) is 6.38. The summed E-state index contributed by atoms with van der Waals surface area (Å²) >= 11 is 0. The smallest absolute Gasteiger partial charge is 0.252 e. The minimum Gasteiger partial charge on any atom is -0.370 e. The Kier molecular flexibility index (Phi) is 12.9. The summed E-state index contributed by atoms with van der Waals surface area (Å²) in [5.41, 5.74) is 10.8. The van der Waals surface area contributed by atoms with Crippen LogP contribution in [0.2, 0.25) is 0 Å². The van der Waals surface area contributed by atoms with Gasteiger partial charge in [0.1, 0.15) is 17.1 Å². The Bertz CT molecular complexity index is 1530. The van der Waals surface area contributed by atoms with Crippen molar-refractivity contribution in [3.05, 3.63) is 108 Å². The van der Waals surface area contributed by atoms with Crippen LogP contribution in [0.15, 0.2) is 96.0 Å². The molecule has 1 saturated carbocycles. The number of rotatable bonds is 16. The van der Waals surface area contributed by atoms with Crippen molar-refractivity contribution in [2.24, 2.45) is 16.5 Å². The first kappa shape index (κ1) is 36.6. The molecule has 8 N–H and O–H groups in total. The summed E-state index contributed by atoms with van der Waals surface area (Å²) in [6.45, 7) is 3.88. The van der Waals surface area contributed by atoms with Gasteiger partial charge in [0.05, 0.1) is 6.04 Å². The van der Waals surface area contributed by atoms with E-state index in [1.807, 2.05) is 80.6 Å². The van der Waals surface area contributed by atoms with E-state index in [0.717, 1.165) is 24.0 Å². The van der Waals surface area contributed by atoms with Crippen LogP contribution in [0, 0.1) is 0 Å². The third-order valence-corrected chi connectivity index (χ3v) is 9.39. The van der Waals surface area contributed by atoms with E-state index in [1.54, 1.807) is 24.3 Å². The second-order valence-corrected chi connectivity index (χ2v) is 12.6. The first-order valence-corrected chi connectivity index (χ1v) is 17.1. The van der Waals surface area contributed by atoms with Crippen LogP contribution < -0.4 is 32.7 Å². The van der Waals surface area contributed by atoms with Gasteiger partial charge in [0.15, 0.2) is 5.96 Å². The standard InChI is InChI=1S/C38H49N7O4/c1-3-37(4-2,44-32(46)29-21-12-7-13-22-29)34(48)42-30(23-16-26-41-36(39)40)33(47)45-38(24-14-15-25-38)35(49)43-31(27-17-8-5-9-18-27)28-19-10-6-11-20-28/h5-13,17-22,30-31H,3-4,14-16,23-26H2,1-2H3,(H,42,48)(H,43,49)(H,44,46)(H,45,47)(H4,39,40,41). The molecular formula is C38H49N7O4. The number of benzene rings is 3. The zero-order valence-electron chi connectivity index (χ0n) is 28.4. The van der Waals surface area contributed by atoms with E-state index in [9.17, 15) is 19.2 Å². The number of guanidine groups is 1. The van der Waals surface area contributed by atoms with Gasteiger partial charge >= 0.3 is 0 Å². The highest BCUT2D eigenvalue weighted by Crippen LogP contribution is 2.32. The molecular weight excluding hydrogens is 618 g/mol. The van der Waals surface area contributed by atoms with Crippen LogP contribution in [-0.2, 0) is 14.4 Å². The largest absolute Gasteiger partial charge is 0.370 e. The van der Waals surface area contributed by atoms with Crippen LogP contribution in [0.25, 0.3) is 0 Å². The fraction of sp³-hybridized carbons (Fsp3) is 0.395. The van der Waals surface area contributed by atoms with Crippen molar-refractivity contribution in [3.63, 3.8) is 0 Å². The maximum absolute atomic E-state index is 14.2. The number of nitrogens with two attached hydrogens (primary N) is 2. The molecule has 4 amide bonds. The Morgan fingerprint density at radius 3 is 1.84 bits per heavy atom. The number of nitrogens with one attached hydrogen (secondary N) is 4. The average molecular weight is 668 g/mol. The van der Waals surface area contributed by atoms with Crippen molar-refractivity contribution in [3.8, 4) is 0 Å². The summed E-state index contributed by atoms with van der Waals surface area (Å²) < 4.78 is 0. The number of aliphatic imine (C=N–C) groups is 1. The van der Waals surface area contributed by atoms with Gasteiger partial charge in [-0.15, -0.1) is 0 Å². The molecule has 1 fully saturated rings. The second kappa shape index (κ2) is 17.3. The predicted octanol–water partition coefficient (Wildman–Crippen LogP) is 3.85. The summed E-state index contributed by atoms with van der Waals surface area (Å²) in [4.78, 5) is 59.6. The van der Waals surface area contributed by atoms with E-state index in [0.29, 0.717) is 37.7 Å². The van der Waals surface area contributed by atoms with Gasteiger partial charge in [-0.3, -0.25) is 24.2 Å². The second-order valence-electron chi connectivity index (χ2n) is 12.6. The molecule has 1 aliphatic rings. The number of hydrogen-bond donors (Lipinski definition) is 6. The minimum atomic E-state index is -1.27. The Labute approximate surface area is 288 Å². The summed E-state index contributed by atoms with van der Waals surface area (Å²) in [5.74, 6) is -1.71. The molecule has 1 atom stereocenters. The number of hydrogen-bond acceptors (Lipinski definition) is 5. The molecule has 3 aromatic carbocycles. The highest BCUT2D eigenvalue weighted by molar-refractivity contribution is 6.01. The predicted molar refractivity (Wildman–Crippen MR) is 191 cm³/mol. The van der Waals surface area contributed by atoms with Gasteiger partial charge in [-0.05, 0) is 61.8 Å². The lowest BCUT2D eigenvalue weighted by Gasteiger charge is -2.35. The van der Waals surface area contributed by atoms with Crippen LogP contribution in [-0.4, -0.2) is 53.3 Å². The minimum absolute atomic E-state index is 0.0717. The van der Waals surface area contributed by atoms with Crippen LogP contribution in [0.1, 0.15) is 92.7 Å². The summed E-state index contributed by atoms with van der Waals surface area (Å²) in [5, 5.41) is 12.1. The van der Waals surface area contributed by atoms with E-state index in [4.69, 9.17) is 11.5 Å². The Balaban J connectivity index is 1.57. The lowest BCUT2D eigenvalue weighted by atomic mass is 9.90. The monoisotopic (exact) mass is 667 g/mol. The Hall–Kier alpha value is -5.19.